The minimum Gasteiger partial charge on any atom is -0.508 e. The SMILES string of the molecule is C[C@]1(C(=O)O)C[C@H](O)[C@@H](NC(=O)CNC(=O)CN(CCOCCOCCCC(=O)CCSC2CC(=O)N(CN3C(=O)CC(SCCC(=O)NCC(=O)N[C@@H]4C(O)C[C@](C)(C(=O)O)O[C@H]4C(O)[C@H](O)CO)C3=O)C2=O)C(=O)COCC(=O)N2CCN(C(=O)c3ccccc3-c3c4ccc(=O)cc-4oc4cc(O)ccc34)CC2)[C@H]([C@H](O)[C@H](O)CO)O1. The van der Waals surface area contributed by atoms with E-state index in [-0.39, 0.29) is 143 Å². The van der Waals surface area contributed by atoms with Crippen LogP contribution in [0.3, 0.4) is 0 Å². The number of carbonyl (C=O) groups is 14. The number of phenols is 1. The van der Waals surface area contributed by atoms with Crippen molar-refractivity contribution in [1.29, 1.82) is 0 Å². The van der Waals surface area contributed by atoms with Crippen LogP contribution in [0.2, 0.25) is 0 Å². The van der Waals surface area contributed by atoms with Crippen LogP contribution in [0, 0.1) is 0 Å². The maximum Gasteiger partial charge on any atom is 0.335 e. The molecule has 2 aromatic rings. The van der Waals surface area contributed by atoms with Gasteiger partial charge in [-0.15, -0.1) is 23.5 Å². The Balaban J connectivity index is 0.682. The highest BCUT2D eigenvalue weighted by Crippen LogP contribution is 2.43. The number of imide groups is 2. The van der Waals surface area contributed by atoms with Crippen molar-refractivity contribution >= 4 is 117 Å². The fourth-order valence-corrected chi connectivity index (χ4v) is 16.3. The first kappa shape index (κ1) is 93.2. The van der Waals surface area contributed by atoms with Gasteiger partial charge >= 0.3 is 11.9 Å². The van der Waals surface area contributed by atoms with Gasteiger partial charge in [0.05, 0.1) is 87.5 Å². The Morgan fingerprint density at radius 3 is 1.71 bits per heavy atom. The number of likely N-dealkylation sites (tertiary alicyclic amines) is 2. The van der Waals surface area contributed by atoms with Crippen molar-refractivity contribution in [3.8, 4) is 28.2 Å². The van der Waals surface area contributed by atoms with Crippen molar-refractivity contribution in [2.24, 2.45) is 0 Å². The third kappa shape index (κ3) is 24.1. The number of amides is 11. The number of aliphatic carboxylic acids is 2. The summed E-state index contributed by atoms with van der Waals surface area (Å²) in [6.45, 7) is -3.96. The van der Waals surface area contributed by atoms with E-state index in [9.17, 15) is 128 Å². The summed E-state index contributed by atoms with van der Waals surface area (Å²) < 4.78 is 33.9. The number of nitrogens with zero attached hydrogens (tertiary/aromatic N) is 5. The minimum atomic E-state index is -2.09. The number of carbonyl (C=O) groups excluding carboxylic acids is 12. The molecule has 41 nitrogen and oxygen atoms in total. The molecule has 9 rings (SSSR count). The lowest BCUT2D eigenvalue weighted by atomic mass is 9.84. The largest absolute Gasteiger partial charge is 0.508 e. The van der Waals surface area contributed by atoms with Crippen LogP contribution in [0.1, 0.15) is 75.6 Å². The van der Waals surface area contributed by atoms with E-state index in [4.69, 9.17) is 28.1 Å². The number of hydrogen-bond donors (Lipinski definition) is 15. The summed E-state index contributed by atoms with van der Waals surface area (Å²) in [5, 5.41) is 120. The Morgan fingerprint density at radius 2 is 1.15 bits per heavy atom. The van der Waals surface area contributed by atoms with Crippen molar-refractivity contribution in [2.45, 2.75) is 148 Å². The maximum absolute atomic E-state index is 14.4. The zero-order chi connectivity index (χ0) is 86.7. The molecular weight excluding hydrogens is 1620 g/mol. The van der Waals surface area contributed by atoms with Crippen LogP contribution in [0.4, 0.5) is 0 Å². The van der Waals surface area contributed by atoms with Gasteiger partial charge in [-0.3, -0.25) is 72.1 Å². The molecule has 5 saturated heterocycles. The lowest BCUT2D eigenvalue weighted by Crippen LogP contribution is -2.67. The summed E-state index contributed by atoms with van der Waals surface area (Å²) in [4.78, 5) is 202. The molecular formula is C76H97N9O32S2. The molecule has 0 bridgehead atoms. The molecule has 11 amide bonds. The van der Waals surface area contributed by atoms with Gasteiger partial charge in [0.2, 0.25) is 59.1 Å². The third-order valence-corrected chi connectivity index (χ3v) is 23.1. The number of ketones is 1. The number of aromatic hydroxyl groups is 1. The standard InChI is InChI=1S/C76H97N9O32S2/c1-75(73(108)109)30-47(91)64(68(116-75)66(103)49(93)35-86)79-56(96)32-77-55(95)14-25-119-54-29-60(100)85(72(54)107)39-84-59(99)28-53(71(84)106)118-24-13-40(88)6-5-20-112-22-23-113-21-19-83(34-58(98)78-33-57(97)80-65-48(92)31-76(2,74(110)111)117-69(65)67(104)50(94)36-87)62(102)38-114-37-61(101)81-15-17-82(18-16-81)70(105)44-8-4-3-7-43(44)63-45-11-9-41(89)26-51(45)115-52-27-42(90)10-12-46(52)63/h3-4,7-12,26-27,47-50,53-54,64-69,86-87,89,91-94,103-104H,5-6,13-25,28-39H2,1-2H3,(H,77,95)(H,78,98)(H,79,96)(H,80,97)(H,108,109)(H,110,111)/t47?,48-,49+,50+,53?,54?,64+,65+,66?,67+,68+,69+,75+,76+/m0/s1. The van der Waals surface area contributed by atoms with Crippen LogP contribution in [0.25, 0.3) is 33.4 Å². The lowest BCUT2D eigenvalue weighted by molar-refractivity contribution is -0.224. The first-order valence-electron chi connectivity index (χ1n) is 38.1. The quantitative estimate of drug-likeness (QED) is 0.0112. The monoisotopic (exact) mass is 1710 g/mol. The second kappa shape index (κ2) is 42.5. The first-order valence-corrected chi connectivity index (χ1v) is 40.2. The normalized spacial score (nSPS) is 23.7. The Morgan fingerprint density at radius 1 is 0.613 bits per heavy atom. The zero-order valence-electron chi connectivity index (χ0n) is 64.8. The number of Topliss-reactive ketones (excluding diaryl/α,β-unsaturated/α-hetero) is 1. The Kier molecular flexibility index (Phi) is 33.3. The van der Waals surface area contributed by atoms with E-state index in [0.717, 1.165) is 52.1 Å². The molecule has 14 atom stereocenters. The summed E-state index contributed by atoms with van der Waals surface area (Å²) in [6.07, 6.45) is -16.0. The number of carboxylic acid groups (broad SMARTS) is 2. The highest BCUT2D eigenvalue weighted by molar-refractivity contribution is 8.00. The van der Waals surface area contributed by atoms with Crippen molar-refractivity contribution in [1.82, 2.24) is 45.8 Å². The smallest absolute Gasteiger partial charge is 0.335 e. The molecule has 0 radical (unpaired) electrons. The van der Waals surface area contributed by atoms with Gasteiger partial charge in [-0.25, -0.2) is 9.59 Å². The molecule has 2 aromatic carbocycles. The van der Waals surface area contributed by atoms with E-state index < -0.39 is 219 Å². The second-order valence-corrected chi connectivity index (χ2v) is 31.9. The number of carboxylic acids is 2. The Hall–Kier alpha value is -9.71. The topological polar surface area (TPSA) is 602 Å². The molecule has 6 aliphatic heterocycles. The van der Waals surface area contributed by atoms with E-state index in [1.807, 2.05) is 0 Å². The van der Waals surface area contributed by atoms with Crippen LogP contribution in [-0.4, -0.2) is 369 Å². The number of piperazine rings is 1. The summed E-state index contributed by atoms with van der Waals surface area (Å²) in [6, 6.07) is 12.7. The summed E-state index contributed by atoms with van der Waals surface area (Å²) >= 11 is 2.00. The summed E-state index contributed by atoms with van der Waals surface area (Å²) in [5.41, 5.74) is -2.19. The van der Waals surface area contributed by atoms with Crippen LogP contribution < -0.4 is 26.7 Å². The maximum atomic E-state index is 14.4. The van der Waals surface area contributed by atoms with E-state index in [1.54, 1.807) is 41.3 Å². The molecule has 0 aromatic heterocycles. The van der Waals surface area contributed by atoms with Crippen molar-refractivity contribution in [3.05, 3.63) is 76.5 Å². The van der Waals surface area contributed by atoms with Gasteiger partial charge in [-0.2, -0.15) is 0 Å². The third-order valence-electron chi connectivity index (χ3n) is 20.6. The zero-order valence-corrected chi connectivity index (χ0v) is 66.5. The number of ether oxygens (including phenoxy) is 5. The Bertz CT molecular complexity index is 4420. The Labute approximate surface area is 687 Å². The number of phenolic OH excluding ortho intramolecular Hbond substituents is 1. The first-order chi connectivity index (χ1) is 56.5. The van der Waals surface area contributed by atoms with Gasteiger partial charge in [-0.05, 0) is 56.2 Å². The number of thioether (sulfide) groups is 2. The van der Waals surface area contributed by atoms with Crippen molar-refractivity contribution in [2.75, 3.05) is 123 Å². The molecule has 15 N–H and O–H groups in total. The van der Waals surface area contributed by atoms with Gasteiger partial charge < -0.3 is 120 Å². The number of aliphatic hydroxyl groups is 8. The molecule has 5 fully saturated rings. The number of aliphatic hydroxyl groups excluding tert-OH is 8. The molecule has 650 valence electrons. The molecule has 119 heavy (non-hydrogen) atoms. The molecule has 43 heteroatoms. The van der Waals surface area contributed by atoms with Crippen LogP contribution in [-0.2, 0) is 86.0 Å². The van der Waals surface area contributed by atoms with Crippen molar-refractivity contribution in [3.63, 3.8) is 0 Å². The van der Waals surface area contributed by atoms with E-state index in [0.29, 0.717) is 27.6 Å². The highest BCUT2D eigenvalue weighted by atomic mass is 32.2. The molecule has 7 aliphatic rings. The fourth-order valence-electron chi connectivity index (χ4n) is 14.0. The van der Waals surface area contributed by atoms with Gasteiger partial charge in [0.1, 0.15) is 79.4 Å². The van der Waals surface area contributed by atoms with Crippen LogP contribution in [0.15, 0.2) is 69.9 Å². The predicted octanol–water partition coefficient (Wildman–Crippen LogP) is -5.14. The number of nitrogens with one attached hydrogen (secondary N) is 4. The highest BCUT2D eigenvalue weighted by Gasteiger charge is 2.54. The van der Waals surface area contributed by atoms with Crippen molar-refractivity contribution < 1.29 is 151 Å². The average Bonchev–Trinajstić information content (AvgIpc) is 1.46. The number of rotatable bonds is 42. The number of fused-ring (bicyclic) bond motifs is 2. The molecule has 4 unspecified atom stereocenters. The van der Waals surface area contributed by atoms with E-state index >= 15 is 0 Å². The van der Waals surface area contributed by atoms with E-state index in [1.165, 1.54) is 29.2 Å². The van der Waals surface area contributed by atoms with Crippen LogP contribution >= 0.6 is 23.5 Å². The second-order valence-electron chi connectivity index (χ2n) is 29.3. The van der Waals surface area contributed by atoms with Crippen LogP contribution in [0.5, 0.6) is 5.75 Å². The minimum absolute atomic E-state index is 0.00855. The van der Waals surface area contributed by atoms with Gasteiger partial charge in [-0.1, -0.05) is 18.2 Å². The molecule has 1 aliphatic carbocycles. The number of benzene rings is 3. The lowest BCUT2D eigenvalue weighted by Gasteiger charge is -2.45. The molecule has 0 saturated carbocycles. The van der Waals surface area contributed by atoms with Gasteiger partial charge in [0, 0.05) is 130 Å². The van der Waals surface area contributed by atoms with E-state index in [2.05, 4.69) is 21.3 Å². The fraction of sp³-hybridized carbons (Fsp3) is 0.566. The average molecular weight is 1710 g/mol. The molecule has 0 spiro atoms. The number of hydrogen-bond acceptors (Lipinski definition) is 32. The summed E-state index contributed by atoms with van der Waals surface area (Å²) in [5.74, 6) is -10.8. The van der Waals surface area contributed by atoms with Gasteiger partial charge in [0.15, 0.2) is 16.6 Å². The van der Waals surface area contributed by atoms with Gasteiger partial charge in [0.25, 0.3) is 5.91 Å². The molecule has 6 heterocycles. The summed E-state index contributed by atoms with van der Waals surface area (Å²) in [7, 11) is 0. The predicted molar refractivity (Wildman–Crippen MR) is 413 cm³/mol.